The molecule has 0 bridgehead atoms. The number of carboxylic acids is 1. The summed E-state index contributed by atoms with van der Waals surface area (Å²) >= 11 is 0. The molecule has 0 aliphatic heterocycles. The van der Waals surface area contributed by atoms with Crippen molar-refractivity contribution in [2.75, 3.05) is 13.7 Å². The number of nitrogens with one attached hydrogen (secondary N) is 2. The van der Waals surface area contributed by atoms with Gasteiger partial charge in [0.25, 0.3) is 0 Å². The Morgan fingerprint density at radius 2 is 2.21 bits per heavy atom. The van der Waals surface area contributed by atoms with Crippen molar-refractivity contribution >= 4 is 12.0 Å². The SMILES string of the molecule is COCC(NC(=O)NC(C)c1cccnc1)C(=O)O. The van der Waals surface area contributed by atoms with E-state index in [0.717, 1.165) is 5.56 Å². The van der Waals surface area contributed by atoms with Gasteiger partial charge in [0.2, 0.25) is 0 Å². The van der Waals surface area contributed by atoms with Crippen molar-refractivity contribution in [3.8, 4) is 0 Å². The van der Waals surface area contributed by atoms with Gasteiger partial charge >= 0.3 is 12.0 Å². The molecule has 2 amide bonds. The van der Waals surface area contributed by atoms with Gasteiger partial charge in [-0.05, 0) is 18.6 Å². The van der Waals surface area contributed by atoms with Gasteiger partial charge in [0.1, 0.15) is 0 Å². The molecule has 0 saturated heterocycles. The summed E-state index contributed by atoms with van der Waals surface area (Å²) in [6, 6.07) is 1.66. The number of nitrogens with zero attached hydrogens (tertiary/aromatic N) is 1. The lowest BCUT2D eigenvalue weighted by Crippen LogP contribution is -2.48. The van der Waals surface area contributed by atoms with Crippen molar-refractivity contribution in [3.63, 3.8) is 0 Å². The first-order chi connectivity index (χ1) is 9.04. The van der Waals surface area contributed by atoms with E-state index in [-0.39, 0.29) is 12.6 Å². The Labute approximate surface area is 111 Å². The van der Waals surface area contributed by atoms with Crippen LogP contribution in [0.1, 0.15) is 18.5 Å². The molecule has 3 N–H and O–H groups in total. The largest absolute Gasteiger partial charge is 0.480 e. The van der Waals surface area contributed by atoms with E-state index in [1.54, 1.807) is 25.4 Å². The molecule has 2 atom stereocenters. The van der Waals surface area contributed by atoms with Crippen LogP contribution in [0.15, 0.2) is 24.5 Å². The van der Waals surface area contributed by atoms with E-state index in [0.29, 0.717) is 0 Å². The summed E-state index contributed by atoms with van der Waals surface area (Å²) in [6.45, 7) is 1.69. The van der Waals surface area contributed by atoms with Crippen LogP contribution in [-0.2, 0) is 9.53 Å². The topological polar surface area (TPSA) is 101 Å². The summed E-state index contributed by atoms with van der Waals surface area (Å²) in [5.41, 5.74) is 0.830. The van der Waals surface area contributed by atoms with Crippen LogP contribution in [0.25, 0.3) is 0 Å². The Morgan fingerprint density at radius 3 is 2.74 bits per heavy atom. The first-order valence-electron chi connectivity index (χ1n) is 5.73. The van der Waals surface area contributed by atoms with Crippen molar-refractivity contribution < 1.29 is 19.4 Å². The third-order valence-electron chi connectivity index (χ3n) is 2.47. The van der Waals surface area contributed by atoms with E-state index >= 15 is 0 Å². The summed E-state index contributed by atoms with van der Waals surface area (Å²) in [5, 5.41) is 13.8. The number of hydrogen-bond donors (Lipinski definition) is 3. The fraction of sp³-hybridized carbons (Fsp3) is 0.417. The van der Waals surface area contributed by atoms with E-state index in [4.69, 9.17) is 9.84 Å². The highest BCUT2D eigenvalue weighted by molar-refractivity contribution is 5.82. The average Bonchev–Trinajstić information content (AvgIpc) is 2.39. The highest BCUT2D eigenvalue weighted by atomic mass is 16.5. The van der Waals surface area contributed by atoms with Crippen LogP contribution >= 0.6 is 0 Å². The molecule has 0 aliphatic carbocycles. The number of carbonyl (C=O) groups excluding carboxylic acids is 1. The lowest BCUT2D eigenvalue weighted by atomic mass is 10.1. The van der Waals surface area contributed by atoms with Gasteiger partial charge in [0, 0.05) is 19.5 Å². The molecule has 1 aromatic heterocycles. The molecule has 1 heterocycles. The molecular weight excluding hydrogens is 250 g/mol. The summed E-state index contributed by atoms with van der Waals surface area (Å²) in [5.74, 6) is -1.15. The molecule has 19 heavy (non-hydrogen) atoms. The minimum absolute atomic E-state index is 0.0932. The molecule has 7 heteroatoms. The second kappa shape index (κ2) is 7.32. The fourth-order valence-corrected chi connectivity index (χ4v) is 1.45. The van der Waals surface area contributed by atoms with E-state index in [9.17, 15) is 9.59 Å². The van der Waals surface area contributed by atoms with E-state index in [2.05, 4.69) is 15.6 Å². The maximum atomic E-state index is 11.7. The van der Waals surface area contributed by atoms with Gasteiger partial charge in [-0.1, -0.05) is 6.07 Å². The number of ether oxygens (including phenoxy) is 1. The lowest BCUT2D eigenvalue weighted by molar-refractivity contribution is -0.140. The summed E-state index contributed by atoms with van der Waals surface area (Å²) in [4.78, 5) is 26.4. The number of rotatable bonds is 6. The van der Waals surface area contributed by atoms with Crippen LogP contribution in [-0.4, -0.2) is 41.8 Å². The maximum absolute atomic E-state index is 11.7. The zero-order valence-electron chi connectivity index (χ0n) is 10.8. The fourth-order valence-electron chi connectivity index (χ4n) is 1.45. The van der Waals surface area contributed by atoms with Gasteiger partial charge in [0.15, 0.2) is 6.04 Å². The zero-order valence-corrected chi connectivity index (χ0v) is 10.8. The molecule has 2 unspecified atom stereocenters. The number of aliphatic carboxylic acids is 1. The predicted molar refractivity (Wildman–Crippen MR) is 67.6 cm³/mol. The Balaban J connectivity index is 2.52. The number of methoxy groups -OCH3 is 1. The molecule has 0 spiro atoms. The van der Waals surface area contributed by atoms with Gasteiger partial charge in [-0.2, -0.15) is 0 Å². The van der Waals surface area contributed by atoms with E-state index in [1.807, 2.05) is 6.07 Å². The predicted octanol–water partition coefficient (Wildman–Crippen LogP) is 0.541. The Bertz CT molecular complexity index is 424. The van der Waals surface area contributed by atoms with Crippen LogP contribution in [0.5, 0.6) is 0 Å². The van der Waals surface area contributed by atoms with Crippen molar-refractivity contribution in [3.05, 3.63) is 30.1 Å². The van der Waals surface area contributed by atoms with Crippen LogP contribution in [0.4, 0.5) is 4.79 Å². The van der Waals surface area contributed by atoms with E-state index < -0.39 is 18.0 Å². The number of carbonyl (C=O) groups is 2. The molecule has 7 nitrogen and oxygen atoms in total. The smallest absolute Gasteiger partial charge is 0.328 e. The summed E-state index contributed by atoms with van der Waals surface area (Å²) in [7, 11) is 1.37. The molecule has 0 saturated carbocycles. The molecular formula is C12H17N3O4. The Morgan fingerprint density at radius 1 is 1.47 bits per heavy atom. The number of amides is 2. The molecule has 0 radical (unpaired) electrons. The Kier molecular flexibility index (Phi) is 5.74. The Hall–Kier alpha value is -2.15. The van der Waals surface area contributed by atoms with Crippen LogP contribution in [0.3, 0.4) is 0 Å². The average molecular weight is 267 g/mol. The monoisotopic (exact) mass is 267 g/mol. The third-order valence-corrected chi connectivity index (χ3v) is 2.47. The standard InChI is InChI=1S/C12H17N3O4/c1-8(9-4-3-5-13-6-9)14-12(18)15-10(7-19-2)11(16)17/h3-6,8,10H,7H2,1-2H3,(H,16,17)(H2,14,15,18). The number of urea groups is 1. The number of aromatic nitrogens is 1. The number of pyridine rings is 1. The lowest BCUT2D eigenvalue weighted by Gasteiger charge is -2.17. The van der Waals surface area contributed by atoms with Crippen molar-refractivity contribution in [2.24, 2.45) is 0 Å². The van der Waals surface area contributed by atoms with Crippen LogP contribution in [0, 0.1) is 0 Å². The highest BCUT2D eigenvalue weighted by Crippen LogP contribution is 2.09. The minimum Gasteiger partial charge on any atom is -0.480 e. The van der Waals surface area contributed by atoms with Crippen molar-refractivity contribution in [1.82, 2.24) is 15.6 Å². The molecule has 0 aromatic carbocycles. The minimum atomic E-state index is -1.15. The second-order valence-corrected chi connectivity index (χ2v) is 3.97. The van der Waals surface area contributed by atoms with Crippen LogP contribution in [0.2, 0.25) is 0 Å². The first kappa shape index (κ1) is 14.9. The van der Waals surface area contributed by atoms with Gasteiger partial charge in [-0.25, -0.2) is 9.59 Å². The van der Waals surface area contributed by atoms with Gasteiger partial charge in [-0.3, -0.25) is 4.98 Å². The number of carboxylic acid groups (broad SMARTS) is 1. The van der Waals surface area contributed by atoms with Crippen LogP contribution < -0.4 is 10.6 Å². The van der Waals surface area contributed by atoms with Crippen molar-refractivity contribution in [2.45, 2.75) is 19.0 Å². The van der Waals surface area contributed by atoms with E-state index in [1.165, 1.54) is 7.11 Å². The quantitative estimate of drug-likeness (QED) is 0.698. The zero-order chi connectivity index (χ0) is 14.3. The second-order valence-electron chi connectivity index (χ2n) is 3.97. The number of hydrogen-bond acceptors (Lipinski definition) is 4. The summed E-state index contributed by atoms with van der Waals surface area (Å²) in [6.07, 6.45) is 3.27. The van der Waals surface area contributed by atoms with Gasteiger partial charge in [0.05, 0.1) is 12.6 Å². The van der Waals surface area contributed by atoms with Gasteiger partial charge in [-0.15, -0.1) is 0 Å². The molecule has 104 valence electrons. The molecule has 0 aliphatic rings. The molecule has 1 rings (SSSR count). The van der Waals surface area contributed by atoms with Crippen molar-refractivity contribution in [1.29, 1.82) is 0 Å². The normalized spacial score (nSPS) is 13.4. The highest BCUT2D eigenvalue weighted by Gasteiger charge is 2.20. The third kappa shape index (κ3) is 4.92. The first-order valence-corrected chi connectivity index (χ1v) is 5.73. The molecule has 1 aromatic rings. The van der Waals surface area contributed by atoms with Gasteiger partial charge < -0.3 is 20.5 Å². The molecule has 0 fully saturated rings. The summed E-state index contributed by atoms with van der Waals surface area (Å²) < 4.78 is 4.72. The maximum Gasteiger partial charge on any atom is 0.328 e.